The van der Waals surface area contributed by atoms with Gasteiger partial charge < -0.3 is 11.1 Å². The number of carbonyl (C=O) groups is 1. The van der Waals surface area contributed by atoms with Crippen LogP contribution in [0.4, 0.5) is 16.5 Å². The van der Waals surface area contributed by atoms with Crippen molar-refractivity contribution in [2.45, 2.75) is 13.3 Å². The molecule has 0 unspecified atom stereocenters. The Labute approximate surface area is 125 Å². The van der Waals surface area contributed by atoms with Crippen LogP contribution in [0.3, 0.4) is 0 Å². The van der Waals surface area contributed by atoms with Gasteiger partial charge in [-0.25, -0.2) is 4.98 Å². The van der Waals surface area contributed by atoms with Gasteiger partial charge in [0.2, 0.25) is 5.78 Å². The third-order valence-electron chi connectivity index (χ3n) is 2.94. The summed E-state index contributed by atoms with van der Waals surface area (Å²) in [4.78, 5) is 27.6. The molecule has 1 aromatic heterocycles. The maximum absolute atomic E-state index is 12.5. The molecule has 2 aromatic rings. The summed E-state index contributed by atoms with van der Waals surface area (Å²) >= 11 is 1.23. The molecule has 0 saturated heterocycles. The first-order chi connectivity index (χ1) is 9.97. The predicted molar refractivity (Wildman–Crippen MR) is 82.0 cm³/mol. The van der Waals surface area contributed by atoms with E-state index >= 15 is 0 Å². The number of carbonyl (C=O) groups excluding carboxylic acids is 1. The second-order valence-corrected chi connectivity index (χ2v) is 5.26. The number of nitrogens with zero attached hydrogens (tertiary/aromatic N) is 2. The van der Waals surface area contributed by atoms with Crippen LogP contribution in [0, 0.1) is 10.1 Å². The predicted octanol–water partition coefficient (Wildman–Crippen LogP) is 2.47. The number of aromatic nitrogens is 1. The standard InChI is InChI=1S/C13H14N4O3S/c1-3-9-12(21-13(15-2)16-9)11(18)7-4-5-8(14)10(6-7)17(19)20/h4-6H,3,14H2,1-2H3,(H,15,16). The van der Waals surface area contributed by atoms with Crippen LogP contribution in [-0.2, 0) is 6.42 Å². The molecule has 1 heterocycles. The summed E-state index contributed by atoms with van der Waals surface area (Å²) in [7, 11) is 1.72. The molecule has 0 spiro atoms. The number of nitrogens with two attached hydrogens (primary N) is 1. The highest BCUT2D eigenvalue weighted by molar-refractivity contribution is 7.17. The second-order valence-electron chi connectivity index (χ2n) is 4.26. The van der Waals surface area contributed by atoms with Gasteiger partial charge in [0.05, 0.1) is 10.6 Å². The van der Waals surface area contributed by atoms with Crippen LogP contribution in [0.5, 0.6) is 0 Å². The van der Waals surface area contributed by atoms with Crippen molar-refractivity contribution in [1.82, 2.24) is 4.98 Å². The number of nitrogen functional groups attached to an aromatic ring is 1. The third-order valence-corrected chi connectivity index (χ3v) is 4.06. The zero-order valence-corrected chi connectivity index (χ0v) is 12.4. The Hall–Kier alpha value is -2.48. The average Bonchev–Trinajstić information content (AvgIpc) is 2.90. The summed E-state index contributed by atoms with van der Waals surface area (Å²) in [6, 6.07) is 4.07. The van der Waals surface area contributed by atoms with Crippen molar-refractivity contribution in [3.05, 3.63) is 44.4 Å². The summed E-state index contributed by atoms with van der Waals surface area (Å²) in [5, 5.41) is 14.4. The average molecular weight is 306 g/mol. The number of anilines is 2. The van der Waals surface area contributed by atoms with Gasteiger partial charge in [0.15, 0.2) is 5.13 Å². The van der Waals surface area contributed by atoms with Gasteiger partial charge in [-0.3, -0.25) is 14.9 Å². The molecule has 0 bridgehead atoms. The molecule has 7 nitrogen and oxygen atoms in total. The molecule has 0 aliphatic heterocycles. The zero-order valence-electron chi connectivity index (χ0n) is 11.5. The molecule has 0 amide bonds. The van der Waals surface area contributed by atoms with Crippen LogP contribution in [0.15, 0.2) is 18.2 Å². The van der Waals surface area contributed by atoms with Gasteiger partial charge in [-0.1, -0.05) is 18.3 Å². The van der Waals surface area contributed by atoms with Gasteiger partial charge in [-0.2, -0.15) is 0 Å². The van der Waals surface area contributed by atoms with E-state index in [1.165, 1.54) is 29.5 Å². The summed E-state index contributed by atoms with van der Waals surface area (Å²) in [6.07, 6.45) is 0.607. The fourth-order valence-electron chi connectivity index (χ4n) is 1.85. The molecule has 8 heteroatoms. The smallest absolute Gasteiger partial charge is 0.292 e. The van der Waals surface area contributed by atoms with Crippen LogP contribution < -0.4 is 11.1 Å². The van der Waals surface area contributed by atoms with Crippen LogP contribution in [0.1, 0.15) is 27.9 Å². The van der Waals surface area contributed by atoms with Gasteiger partial charge >= 0.3 is 0 Å². The fraction of sp³-hybridized carbons (Fsp3) is 0.231. The Balaban J connectivity index is 2.47. The minimum absolute atomic E-state index is 0.0347. The molecule has 0 aliphatic rings. The number of rotatable bonds is 5. The van der Waals surface area contributed by atoms with E-state index in [4.69, 9.17) is 5.73 Å². The summed E-state index contributed by atoms with van der Waals surface area (Å²) in [5.74, 6) is -0.283. The SMILES string of the molecule is CCc1nc(NC)sc1C(=O)c1ccc(N)c([N+](=O)[O-])c1. The summed E-state index contributed by atoms with van der Waals surface area (Å²) in [5.41, 5.74) is 6.21. The van der Waals surface area contributed by atoms with Crippen molar-refractivity contribution in [2.75, 3.05) is 18.1 Å². The highest BCUT2D eigenvalue weighted by Gasteiger charge is 2.21. The third kappa shape index (κ3) is 2.84. The van der Waals surface area contributed by atoms with Crippen LogP contribution in [0.2, 0.25) is 0 Å². The van der Waals surface area contributed by atoms with Gasteiger partial charge in [-0.05, 0) is 18.6 Å². The van der Waals surface area contributed by atoms with E-state index in [9.17, 15) is 14.9 Å². The number of nitro groups is 1. The zero-order chi connectivity index (χ0) is 15.6. The van der Waals surface area contributed by atoms with Crippen molar-refractivity contribution in [3.63, 3.8) is 0 Å². The number of nitro benzene ring substituents is 1. The van der Waals surface area contributed by atoms with Gasteiger partial charge in [-0.15, -0.1) is 0 Å². The van der Waals surface area contributed by atoms with E-state index in [1.54, 1.807) is 7.05 Å². The Morgan fingerprint density at radius 2 is 2.24 bits per heavy atom. The quantitative estimate of drug-likeness (QED) is 0.380. The molecule has 2 rings (SSSR count). The van der Waals surface area contributed by atoms with Gasteiger partial charge in [0.25, 0.3) is 5.69 Å². The monoisotopic (exact) mass is 306 g/mol. The lowest BCUT2D eigenvalue weighted by Gasteiger charge is -2.02. The second kappa shape index (κ2) is 5.88. The molecule has 0 radical (unpaired) electrons. The first kappa shape index (κ1) is 14.9. The number of ketones is 1. The normalized spacial score (nSPS) is 10.4. The van der Waals surface area contributed by atoms with E-state index in [-0.39, 0.29) is 22.7 Å². The molecule has 0 fully saturated rings. The molecular weight excluding hydrogens is 292 g/mol. The molecule has 0 atom stereocenters. The van der Waals surface area contributed by atoms with E-state index < -0.39 is 4.92 Å². The summed E-state index contributed by atoms with van der Waals surface area (Å²) < 4.78 is 0. The van der Waals surface area contributed by atoms with Crippen molar-refractivity contribution in [1.29, 1.82) is 0 Å². The van der Waals surface area contributed by atoms with E-state index in [0.717, 1.165) is 0 Å². The highest BCUT2D eigenvalue weighted by Crippen LogP contribution is 2.28. The van der Waals surface area contributed by atoms with Crippen LogP contribution in [0.25, 0.3) is 0 Å². The van der Waals surface area contributed by atoms with Crippen molar-refractivity contribution in [2.24, 2.45) is 0 Å². The first-order valence-electron chi connectivity index (χ1n) is 6.24. The number of benzene rings is 1. The van der Waals surface area contributed by atoms with Crippen molar-refractivity contribution < 1.29 is 9.72 Å². The topological polar surface area (TPSA) is 111 Å². The Morgan fingerprint density at radius 3 is 2.81 bits per heavy atom. The maximum Gasteiger partial charge on any atom is 0.292 e. The van der Waals surface area contributed by atoms with E-state index in [0.29, 0.717) is 22.1 Å². The minimum atomic E-state index is -0.599. The molecule has 3 N–H and O–H groups in total. The minimum Gasteiger partial charge on any atom is -0.393 e. The lowest BCUT2D eigenvalue weighted by Crippen LogP contribution is -2.04. The van der Waals surface area contributed by atoms with Crippen LogP contribution in [-0.4, -0.2) is 22.7 Å². The summed E-state index contributed by atoms with van der Waals surface area (Å²) in [6.45, 7) is 1.90. The first-order valence-corrected chi connectivity index (χ1v) is 7.05. The van der Waals surface area contributed by atoms with Crippen molar-refractivity contribution >= 4 is 33.6 Å². The number of hydrogen-bond acceptors (Lipinski definition) is 7. The van der Waals surface area contributed by atoms with Gasteiger partial charge in [0, 0.05) is 18.7 Å². The molecule has 0 aliphatic carbocycles. The fourth-order valence-corrected chi connectivity index (χ4v) is 2.82. The number of nitrogens with one attached hydrogen (secondary N) is 1. The lowest BCUT2D eigenvalue weighted by molar-refractivity contribution is -0.383. The molecule has 0 saturated carbocycles. The Kier molecular flexibility index (Phi) is 4.18. The van der Waals surface area contributed by atoms with Crippen molar-refractivity contribution in [3.8, 4) is 0 Å². The number of aryl methyl sites for hydroxylation is 1. The lowest BCUT2D eigenvalue weighted by atomic mass is 10.1. The largest absolute Gasteiger partial charge is 0.393 e. The molecule has 110 valence electrons. The van der Waals surface area contributed by atoms with E-state index in [1.807, 2.05) is 6.92 Å². The molecular formula is C13H14N4O3S. The number of thiazole rings is 1. The number of hydrogen-bond donors (Lipinski definition) is 2. The van der Waals surface area contributed by atoms with Crippen LogP contribution >= 0.6 is 11.3 Å². The Bertz CT molecular complexity index is 711. The Morgan fingerprint density at radius 1 is 1.52 bits per heavy atom. The highest BCUT2D eigenvalue weighted by atomic mass is 32.1. The molecule has 21 heavy (non-hydrogen) atoms. The van der Waals surface area contributed by atoms with E-state index in [2.05, 4.69) is 10.3 Å². The maximum atomic E-state index is 12.5. The molecule has 1 aromatic carbocycles. The van der Waals surface area contributed by atoms with Gasteiger partial charge in [0.1, 0.15) is 10.6 Å².